The number of carbonyl (C=O) groups is 2. The normalized spacial score (nSPS) is 20.7. The fourth-order valence-electron chi connectivity index (χ4n) is 6.02. The lowest BCUT2D eigenvalue weighted by Gasteiger charge is -2.35. The van der Waals surface area contributed by atoms with Crippen LogP contribution in [0.4, 0.5) is 0 Å². The summed E-state index contributed by atoms with van der Waals surface area (Å²) >= 11 is 0. The van der Waals surface area contributed by atoms with E-state index >= 15 is 0 Å². The highest BCUT2D eigenvalue weighted by Crippen LogP contribution is 2.42. The molecule has 0 atom stereocenters. The van der Waals surface area contributed by atoms with Crippen LogP contribution in [0.5, 0.6) is 0 Å². The highest BCUT2D eigenvalue weighted by Gasteiger charge is 2.38. The van der Waals surface area contributed by atoms with E-state index in [1.165, 1.54) is 64.2 Å². The third kappa shape index (κ3) is 8.73. The summed E-state index contributed by atoms with van der Waals surface area (Å²) in [6.07, 6.45) is 28.5. The summed E-state index contributed by atoms with van der Waals surface area (Å²) in [5, 5.41) is 9.65. The molecule has 31 heavy (non-hydrogen) atoms. The molecule has 2 fully saturated rings. The summed E-state index contributed by atoms with van der Waals surface area (Å²) in [6.45, 7) is 1.81. The average Bonchev–Trinajstić information content (AvgIpc) is 2.78. The van der Waals surface area contributed by atoms with E-state index in [2.05, 4.69) is 12.2 Å². The van der Waals surface area contributed by atoms with Gasteiger partial charge in [-0.3, -0.25) is 9.59 Å². The molecule has 2 rings (SSSR count). The lowest BCUT2D eigenvalue weighted by molar-refractivity contribution is -0.151. The van der Waals surface area contributed by atoms with Crippen molar-refractivity contribution in [1.29, 1.82) is 0 Å². The summed E-state index contributed by atoms with van der Waals surface area (Å²) < 4.78 is 0. The van der Waals surface area contributed by atoms with Crippen molar-refractivity contribution in [2.45, 2.75) is 142 Å². The molecule has 0 aliphatic heterocycles. The minimum Gasteiger partial charge on any atom is -0.481 e. The standard InChI is InChI=1S/C28H48O3/c1-25(29)27(20-15-11-16-21-27)19-13-9-7-5-3-2-4-6-8-10-14-22-28(26(30)31)23-17-12-18-24-28/h2-3H,4-24H2,1H3,(H,30,31). The summed E-state index contributed by atoms with van der Waals surface area (Å²) in [6, 6.07) is 0. The van der Waals surface area contributed by atoms with Gasteiger partial charge in [-0.05, 0) is 71.1 Å². The van der Waals surface area contributed by atoms with Crippen LogP contribution in [0.1, 0.15) is 142 Å². The van der Waals surface area contributed by atoms with E-state index in [9.17, 15) is 14.7 Å². The predicted molar refractivity (Wildman–Crippen MR) is 129 cm³/mol. The molecule has 1 N–H and O–H groups in total. The fourth-order valence-corrected chi connectivity index (χ4v) is 6.02. The van der Waals surface area contributed by atoms with Crippen LogP contribution >= 0.6 is 0 Å². The van der Waals surface area contributed by atoms with Gasteiger partial charge in [0.05, 0.1) is 5.41 Å². The summed E-state index contributed by atoms with van der Waals surface area (Å²) in [5.41, 5.74) is -0.381. The minimum absolute atomic E-state index is 0.0230. The number of ketones is 1. The lowest BCUT2D eigenvalue weighted by Crippen LogP contribution is -2.33. The van der Waals surface area contributed by atoms with Gasteiger partial charge in [0.15, 0.2) is 0 Å². The molecule has 2 aliphatic carbocycles. The van der Waals surface area contributed by atoms with Crippen LogP contribution in [0.2, 0.25) is 0 Å². The Morgan fingerprint density at radius 1 is 0.645 bits per heavy atom. The highest BCUT2D eigenvalue weighted by atomic mass is 16.4. The number of aliphatic carboxylic acids is 1. The molecule has 0 spiro atoms. The molecule has 0 amide bonds. The molecule has 0 aromatic carbocycles. The number of allylic oxidation sites excluding steroid dienone is 2. The zero-order chi connectivity index (χ0) is 22.4. The molecule has 0 radical (unpaired) electrons. The minimum atomic E-state index is -0.551. The molecular weight excluding hydrogens is 384 g/mol. The average molecular weight is 433 g/mol. The third-order valence-electron chi connectivity index (χ3n) is 8.29. The molecule has 0 aromatic rings. The van der Waals surface area contributed by atoms with Crippen LogP contribution in [0.25, 0.3) is 0 Å². The van der Waals surface area contributed by atoms with Crippen molar-refractivity contribution in [1.82, 2.24) is 0 Å². The maximum Gasteiger partial charge on any atom is 0.309 e. The quantitative estimate of drug-likeness (QED) is 0.209. The first-order valence-electron chi connectivity index (χ1n) is 13.4. The second kappa shape index (κ2) is 14.1. The Balaban J connectivity index is 1.45. The SMILES string of the molecule is CC(=O)C1(CCCCCC=CCCCCCCC2(C(=O)O)CCCCC2)CCCCC1. The van der Waals surface area contributed by atoms with Crippen LogP contribution in [-0.4, -0.2) is 16.9 Å². The number of hydrogen-bond donors (Lipinski definition) is 1. The molecule has 2 saturated carbocycles. The Labute approximate surface area is 191 Å². The highest BCUT2D eigenvalue weighted by molar-refractivity contribution is 5.82. The number of hydrogen-bond acceptors (Lipinski definition) is 2. The van der Waals surface area contributed by atoms with Crippen LogP contribution in [0.15, 0.2) is 12.2 Å². The number of rotatable bonds is 15. The van der Waals surface area contributed by atoms with E-state index in [1.54, 1.807) is 0 Å². The summed E-state index contributed by atoms with van der Waals surface area (Å²) in [7, 11) is 0. The monoisotopic (exact) mass is 432 g/mol. The number of carboxylic acids is 1. The molecule has 0 heterocycles. The van der Waals surface area contributed by atoms with E-state index in [1.807, 2.05) is 6.92 Å². The lowest BCUT2D eigenvalue weighted by atomic mass is 9.68. The Morgan fingerprint density at radius 3 is 1.55 bits per heavy atom. The van der Waals surface area contributed by atoms with Crippen LogP contribution in [0, 0.1) is 10.8 Å². The topological polar surface area (TPSA) is 54.4 Å². The van der Waals surface area contributed by atoms with Gasteiger partial charge in [-0.25, -0.2) is 0 Å². The third-order valence-corrected chi connectivity index (χ3v) is 8.29. The largest absolute Gasteiger partial charge is 0.481 e. The van der Waals surface area contributed by atoms with Crippen LogP contribution in [0.3, 0.4) is 0 Å². The van der Waals surface area contributed by atoms with Gasteiger partial charge in [0.2, 0.25) is 0 Å². The predicted octanol–water partition coefficient (Wildman–Crippen LogP) is 8.41. The number of Topliss-reactive ketones (excluding diaryl/α,β-unsaturated/α-hetero) is 1. The molecule has 3 heteroatoms. The summed E-state index contributed by atoms with van der Waals surface area (Å²) in [5.74, 6) is -0.116. The smallest absolute Gasteiger partial charge is 0.309 e. The van der Waals surface area contributed by atoms with Crippen LogP contribution < -0.4 is 0 Å². The number of carboxylic acid groups (broad SMARTS) is 1. The van der Waals surface area contributed by atoms with Gasteiger partial charge in [-0.1, -0.05) is 82.8 Å². The number of carbonyl (C=O) groups excluding carboxylic acids is 1. The van der Waals surface area contributed by atoms with Crippen molar-refractivity contribution in [3.63, 3.8) is 0 Å². The number of unbranched alkanes of at least 4 members (excludes halogenated alkanes) is 7. The van der Waals surface area contributed by atoms with Crippen molar-refractivity contribution < 1.29 is 14.7 Å². The molecule has 3 nitrogen and oxygen atoms in total. The Kier molecular flexibility index (Phi) is 11.9. The van der Waals surface area contributed by atoms with Crippen molar-refractivity contribution in [3.05, 3.63) is 12.2 Å². The van der Waals surface area contributed by atoms with E-state index in [-0.39, 0.29) is 5.41 Å². The van der Waals surface area contributed by atoms with Gasteiger partial charge in [0.1, 0.15) is 5.78 Å². The molecule has 2 aliphatic rings. The van der Waals surface area contributed by atoms with Crippen molar-refractivity contribution in [3.8, 4) is 0 Å². The molecular formula is C28H48O3. The van der Waals surface area contributed by atoms with Gasteiger partial charge in [0.25, 0.3) is 0 Å². The Hall–Kier alpha value is -1.12. The van der Waals surface area contributed by atoms with Gasteiger partial charge >= 0.3 is 5.97 Å². The van der Waals surface area contributed by atoms with E-state index in [4.69, 9.17) is 0 Å². The maximum atomic E-state index is 12.1. The van der Waals surface area contributed by atoms with Gasteiger partial charge < -0.3 is 5.11 Å². The Morgan fingerprint density at radius 2 is 1.06 bits per heavy atom. The van der Waals surface area contributed by atoms with E-state index in [0.717, 1.165) is 70.6 Å². The van der Waals surface area contributed by atoms with Crippen molar-refractivity contribution in [2.75, 3.05) is 0 Å². The molecule has 0 saturated heterocycles. The first kappa shape index (κ1) is 26.1. The van der Waals surface area contributed by atoms with Crippen molar-refractivity contribution >= 4 is 11.8 Å². The second-order valence-electron chi connectivity index (χ2n) is 10.6. The molecule has 0 bridgehead atoms. The second-order valence-corrected chi connectivity index (χ2v) is 10.6. The van der Waals surface area contributed by atoms with Crippen molar-refractivity contribution in [2.24, 2.45) is 10.8 Å². The molecule has 0 unspecified atom stereocenters. The zero-order valence-corrected chi connectivity index (χ0v) is 20.3. The van der Waals surface area contributed by atoms with Gasteiger partial charge in [-0.15, -0.1) is 0 Å². The maximum absolute atomic E-state index is 12.1. The van der Waals surface area contributed by atoms with Gasteiger partial charge in [-0.2, -0.15) is 0 Å². The van der Waals surface area contributed by atoms with Crippen LogP contribution in [-0.2, 0) is 9.59 Å². The van der Waals surface area contributed by atoms with E-state index in [0.29, 0.717) is 5.78 Å². The first-order chi connectivity index (χ1) is 15.0. The van der Waals surface area contributed by atoms with E-state index < -0.39 is 11.4 Å². The zero-order valence-electron chi connectivity index (χ0n) is 20.3. The summed E-state index contributed by atoms with van der Waals surface area (Å²) in [4.78, 5) is 23.9. The molecule has 0 aromatic heterocycles. The Bertz CT molecular complexity index is 551. The molecule has 178 valence electrons. The van der Waals surface area contributed by atoms with Gasteiger partial charge in [0, 0.05) is 5.41 Å². The fraction of sp³-hybridized carbons (Fsp3) is 0.857. The first-order valence-corrected chi connectivity index (χ1v) is 13.4.